The molecule has 2 atom stereocenters. The number of nitrogens with zero attached hydrogens (tertiary/aromatic N) is 2. The van der Waals surface area contributed by atoms with Crippen LogP contribution in [0.25, 0.3) is 10.8 Å². The molecular weight excluding hydrogens is 234 g/mol. The quantitative estimate of drug-likeness (QED) is 0.771. The van der Waals surface area contributed by atoms with Crippen molar-refractivity contribution in [2.24, 2.45) is 0 Å². The molecule has 0 spiro atoms. The highest BCUT2D eigenvalue weighted by Gasteiger charge is 2.33. The Hall–Kier alpha value is -1.71. The first kappa shape index (κ1) is 11.4. The number of rotatable bonds is 1. The highest BCUT2D eigenvalue weighted by Crippen LogP contribution is 2.26. The van der Waals surface area contributed by atoms with Crippen molar-refractivity contribution >= 4 is 16.6 Å². The SMILES string of the molecule is Cc1cccc2cc(N3C[C@@H](F)[C@@H](F)C3)ncc12. The van der Waals surface area contributed by atoms with Gasteiger partial charge in [-0.2, -0.15) is 0 Å². The Morgan fingerprint density at radius 2 is 1.94 bits per heavy atom. The normalized spacial score (nSPS) is 23.8. The van der Waals surface area contributed by atoms with E-state index in [1.54, 1.807) is 11.1 Å². The highest BCUT2D eigenvalue weighted by molar-refractivity contribution is 5.86. The fourth-order valence-electron chi connectivity index (χ4n) is 2.40. The van der Waals surface area contributed by atoms with Crippen LogP contribution in [0.2, 0.25) is 0 Å². The molecule has 1 aromatic heterocycles. The van der Waals surface area contributed by atoms with Crippen molar-refractivity contribution in [3.8, 4) is 0 Å². The van der Waals surface area contributed by atoms with Crippen LogP contribution in [-0.2, 0) is 0 Å². The summed E-state index contributed by atoms with van der Waals surface area (Å²) in [6.45, 7) is 2.20. The number of aryl methyl sites for hydroxylation is 1. The fourth-order valence-corrected chi connectivity index (χ4v) is 2.40. The van der Waals surface area contributed by atoms with Gasteiger partial charge in [0.2, 0.25) is 0 Å². The van der Waals surface area contributed by atoms with E-state index in [2.05, 4.69) is 4.98 Å². The van der Waals surface area contributed by atoms with Crippen LogP contribution in [0.5, 0.6) is 0 Å². The van der Waals surface area contributed by atoms with Crippen LogP contribution >= 0.6 is 0 Å². The average molecular weight is 248 g/mol. The number of benzene rings is 1. The second-order valence-electron chi connectivity index (χ2n) is 4.78. The smallest absolute Gasteiger partial charge is 0.150 e. The van der Waals surface area contributed by atoms with E-state index >= 15 is 0 Å². The molecule has 0 radical (unpaired) electrons. The standard InChI is InChI=1S/C14H14F2N2/c1-9-3-2-4-10-5-14(17-6-11(9)10)18-7-12(15)13(16)8-18/h2-6,12-13H,7-8H2,1H3/t12-,13+. The van der Waals surface area contributed by atoms with E-state index in [1.807, 2.05) is 31.2 Å². The summed E-state index contributed by atoms with van der Waals surface area (Å²) in [5.74, 6) is 0.649. The van der Waals surface area contributed by atoms with Gasteiger partial charge in [-0.15, -0.1) is 0 Å². The lowest BCUT2D eigenvalue weighted by Gasteiger charge is -2.16. The molecule has 1 aliphatic rings. The zero-order valence-corrected chi connectivity index (χ0v) is 10.1. The summed E-state index contributed by atoms with van der Waals surface area (Å²) < 4.78 is 26.4. The second-order valence-corrected chi connectivity index (χ2v) is 4.78. The van der Waals surface area contributed by atoms with Crippen molar-refractivity contribution in [1.29, 1.82) is 0 Å². The van der Waals surface area contributed by atoms with Crippen molar-refractivity contribution in [1.82, 2.24) is 4.98 Å². The Kier molecular flexibility index (Phi) is 2.65. The first-order valence-corrected chi connectivity index (χ1v) is 6.03. The van der Waals surface area contributed by atoms with E-state index in [4.69, 9.17) is 0 Å². The molecule has 0 amide bonds. The number of hydrogen-bond acceptors (Lipinski definition) is 2. The minimum atomic E-state index is -1.40. The molecule has 2 heterocycles. The van der Waals surface area contributed by atoms with Gasteiger partial charge in [0, 0.05) is 11.6 Å². The fraction of sp³-hybridized carbons (Fsp3) is 0.357. The van der Waals surface area contributed by atoms with E-state index < -0.39 is 12.3 Å². The summed E-state index contributed by atoms with van der Waals surface area (Å²) in [4.78, 5) is 5.98. The van der Waals surface area contributed by atoms with Crippen molar-refractivity contribution in [2.75, 3.05) is 18.0 Å². The van der Waals surface area contributed by atoms with Gasteiger partial charge in [-0.1, -0.05) is 18.2 Å². The Morgan fingerprint density at radius 1 is 1.22 bits per heavy atom. The predicted molar refractivity (Wildman–Crippen MR) is 68.5 cm³/mol. The number of alkyl halides is 2. The van der Waals surface area contributed by atoms with Gasteiger partial charge in [-0.3, -0.25) is 0 Å². The van der Waals surface area contributed by atoms with Crippen LogP contribution in [0, 0.1) is 6.92 Å². The van der Waals surface area contributed by atoms with Gasteiger partial charge >= 0.3 is 0 Å². The molecule has 0 aliphatic carbocycles. The second kappa shape index (κ2) is 4.19. The molecule has 1 saturated heterocycles. The van der Waals surface area contributed by atoms with Gasteiger partial charge in [0.25, 0.3) is 0 Å². The average Bonchev–Trinajstić information content (AvgIpc) is 2.70. The summed E-state index contributed by atoms with van der Waals surface area (Å²) in [5.41, 5.74) is 1.15. The molecule has 0 N–H and O–H groups in total. The largest absolute Gasteiger partial charge is 0.351 e. The van der Waals surface area contributed by atoms with Crippen LogP contribution in [0.4, 0.5) is 14.6 Å². The Labute approximate surface area is 104 Å². The molecule has 18 heavy (non-hydrogen) atoms. The molecule has 1 fully saturated rings. The molecule has 1 aliphatic heterocycles. The van der Waals surface area contributed by atoms with Gasteiger partial charge in [0.15, 0.2) is 12.3 Å². The van der Waals surface area contributed by atoms with Crippen molar-refractivity contribution < 1.29 is 8.78 Å². The van der Waals surface area contributed by atoms with Gasteiger partial charge in [-0.25, -0.2) is 13.8 Å². The van der Waals surface area contributed by atoms with Crippen LogP contribution in [-0.4, -0.2) is 30.4 Å². The Balaban J connectivity index is 1.99. The molecule has 2 nitrogen and oxygen atoms in total. The molecule has 0 unspecified atom stereocenters. The Bertz CT molecular complexity index is 575. The maximum absolute atomic E-state index is 13.2. The molecule has 0 bridgehead atoms. The summed E-state index contributed by atoms with van der Waals surface area (Å²) in [6.07, 6.45) is -1.03. The predicted octanol–water partition coefficient (Wildman–Crippen LogP) is 3.04. The number of aromatic nitrogens is 1. The van der Waals surface area contributed by atoms with E-state index in [9.17, 15) is 8.78 Å². The lowest BCUT2D eigenvalue weighted by atomic mass is 10.1. The first-order chi connectivity index (χ1) is 8.65. The van der Waals surface area contributed by atoms with Crippen molar-refractivity contribution in [3.05, 3.63) is 36.0 Å². The van der Waals surface area contributed by atoms with Crippen LogP contribution < -0.4 is 4.90 Å². The maximum atomic E-state index is 13.2. The summed E-state index contributed by atoms with van der Waals surface area (Å²) in [6, 6.07) is 7.88. The number of hydrogen-bond donors (Lipinski definition) is 0. The zero-order valence-electron chi connectivity index (χ0n) is 10.1. The summed E-state index contributed by atoms with van der Waals surface area (Å²) in [7, 11) is 0. The molecule has 0 saturated carbocycles. The molecule has 2 aromatic rings. The third-order valence-electron chi connectivity index (χ3n) is 3.47. The van der Waals surface area contributed by atoms with Crippen molar-refractivity contribution in [2.45, 2.75) is 19.3 Å². The Morgan fingerprint density at radius 3 is 2.67 bits per heavy atom. The highest BCUT2D eigenvalue weighted by atomic mass is 19.2. The van der Waals surface area contributed by atoms with E-state index in [1.165, 1.54) is 0 Å². The van der Waals surface area contributed by atoms with Crippen LogP contribution in [0.3, 0.4) is 0 Å². The lowest BCUT2D eigenvalue weighted by Crippen LogP contribution is -2.21. The molecule has 3 rings (SSSR count). The third kappa shape index (κ3) is 1.82. The molecular formula is C14H14F2N2. The van der Waals surface area contributed by atoms with E-state index in [0.29, 0.717) is 5.82 Å². The molecule has 4 heteroatoms. The lowest BCUT2D eigenvalue weighted by molar-refractivity contribution is 0.217. The topological polar surface area (TPSA) is 16.1 Å². The van der Waals surface area contributed by atoms with Gasteiger partial charge < -0.3 is 4.90 Å². The zero-order chi connectivity index (χ0) is 12.7. The third-order valence-corrected chi connectivity index (χ3v) is 3.47. The van der Waals surface area contributed by atoms with Gasteiger partial charge in [-0.05, 0) is 23.9 Å². The first-order valence-electron chi connectivity index (χ1n) is 6.03. The van der Waals surface area contributed by atoms with Crippen LogP contribution in [0.1, 0.15) is 5.56 Å². The van der Waals surface area contributed by atoms with Gasteiger partial charge in [0.1, 0.15) is 5.82 Å². The van der Waals surface area contributed by atoms with E-state index in [-0.39, 0.29) is 13.1 Å². The maximum Gasteiger partial charge on any atom is 0.150 e. The van der Waals surface area contributed by atoms with Gasteiger partial charge in [0.05, 0.1) is 13.1 Å². The minimum Gasteiger partial charge on any atom is -0.351 e. The molecule has 94 valence electrons. The summed E-state index contributed by atoms with van der Waals surface area (Å²) in [5, 5.41) is 2.13. The number of fused-ring (bicyclic) bond motifs is 1. The monoisotopic (exact) mass is 248 g/mol. The summed E-state index contributed by atoms with van der Waals surface area (Å²) >= 11 is 0. The van der Waals surface area contributed by atoms with Crippen molar-refractivity contribution in [3.63, 3.8) is 0 Å². The minimum absolute atomic E-state index is 0.0888. The molecule has 1 aromatic carbocycles. The number of pyridine rings is 1. The number of halogens is 2. The van der Waals surface area contributed by atoms with Crippen LogP contribution in [0.15, 0.2) is 30.5 Å². The number of anilines is 1. The van der Waals surface area contributed by atoms with E-state index in [0.717, 1.165) is 16.3 Å².